The highest BCUT2D eigenvalue weighted by molar-refractivity contribution is 5.75. The number of ether oxygens (including phenoxy) is 3. The van der Waals surface area contributed by atoms with E-state index >= 15 is 0 Å². The number of benzene rings is 1. The Morgan fingerprint density at radius 3 is 2.20 bits per heavy atom. The fraction of sp³-hybridized carbons (Fsp3) is 0.364. The van der Waals surface area contributed by atoms with Gasteiger partial charge in [-0.1, -0.05) is 18.2 Å². The summed E-state index contributed by atoms with van der Waals surface area (Å²) in [7, 11) is 4.42. The molecule has 4 heteroatoms. The molecule has 1 rings (SSSR count). The first kappa shape index (κ1) is 11.8. The van der Waals surface area contributed by atoms with E-state index < -0.39 is 5.97 Å². The van der Waals surface area contributed by atoms with E-state index in [1.807, 2.05) is 0 Å². The smallest absolute Gasteiger partial charge is 0.311 e. The molecule has 0 aliphatic rings. The van der Waals surface area contributed by atoms with Crippen LogP contribution >= 0.6 is 0 Å². The van der Waals surface area contributed by atoms with Gasteiger partial charge in [-0.15, -0.1) is 0 Å². The summed E-state index contributed by atoms with van der Waals surface area (Å²) in [5.41, 5.74) is 1.18. The van der Waals surface area contributed by atoms with Gasteiger partial charge in [0.25, 0.3) is 0 Å². The molecular weight excluding hydrogens is 196 g/mol. The summed E-state index contributed by atoms with van der Waals surface area (Å²) in [5.74, 6) is -1.25. The Balaban J connectivity index is 3.16. The number of hydrogen-bond acceptors (Lipinski definition) is 4. The van der Waals surface area contributed by atoms with Crippen molar-refractivity contribution < 1.29 is 19.0 Å². The minimum absolute atomic E-state index is 0.544. The molecular formula is C11H14O4. The standard InChI is InChI=1S/C11H14O4/c1-13-11(14-2,15-3)10-6-4-5-9(7-10)8-12/h4-8H,1-3H3. The van der Waals surface area contributed by atoms with Gasteiger partial charge in [0.2, 0.25) is 0 Å². The molecule has 0 unspecified atom stereocenters. The van der Waals surface area contributed by atoms with Crippen LogP contribution in [0.1, 0.15) is 15.9 Å². The van der Waals surface area contributed by atoms with Crippen molar-refractivity contribution >= 4 is 6.29 Å². The lowest BCUT2D eigenvalue weighted by molar-refractivity contribution is -0.364. The van der Waals surface area contributed by atoms with Gasteiger partial charge < -0.3 is 14.2 Å². The molecule has 0 atom stereocenters. The molecule has 0 fully saturated rings. The van der Waals surface area contributed by atoms with E-state index in [0.29, 0.717) is 11.1 Å². The molecule has 4 nitrogen and oxygen atoms in total. The minimum Gasteiger partial charge on any atom is -0.327 e. The number of aldehydes is 1. The first-order chi connectivity index (χ1) is 7.22. The Morgan fingerprint density at radius 1 is 1.13 bits per heavy atom. The first-order valence-electron chi connectivity index (χ1n) is 4.43. The fourth-order valence-corrected chi connectivity index (χ4v) is 1.41. The van der Waals surface area contributed by atoms with Gasteiger partial charge in [-0.25, -0.2) is 0 Å². The molecule has 0 radical (unpaired) electrons. The van der Waals surface area contributed by atoms with E-state index in [0.717, 1.165) is 6.29 Å². The zero-order valence-corrected chi connectivity index (χ0v) is 9.02. The summed E-state index contributed by atoms with van der Waals surface area (Å²) >= 11 is 0. The number of carbonyl (C=O) groups is 1. The summed E-state index contributed by atoms with van der Waals surface area (Å²) in [6, 6.07) is 6.86. The van der Waals surface area contributed by atoms with Crippen molar-refractivity contribution in [2.45, 2.75) is 5.97 Å². The second-order valence-corrected chi connectivity index (χ2v) is 2.91. The van der Waals surface area contributed by atoms with Gasteiger partial charge in [0.05, 0.1) is 0 Å². The van der Waals surface area contributed by atoms with Gasteiger partial charge in [-0.05, 0) is 6.07 Å². The number of carbonyl (C=O) groups excluding carboxylic acids is 1. The van der Waals surface area contributed by atoms with Gasteiger partial charge >= 0.3 is 5.97 Å². The Hall–Kier alpha value is -1.23. The molecule has 0 aliphatic heterocycles. The van der Waals surface area contributed by atoms with Crippen molar-refractivity contribution in [1.29, 1.82) is 0 Å². The van der Waals surface area contributed by atoms with E-state index in [2.05, 4.69) is 0 Å². The maximum atomic E-state index is 10.6. The lowest BCUT2D eigenvalue weighted by Gasteiger charge is -2.28. The average Bonchev–Trinajstić information content (AvgIpc) is 2.32. The van der Waals surface area contributed by atoms with Gasteiger partial charge in [-0.3, -0.25) is 4.79 Å². The van der Waals surface area contributed by atoms with Crippen LogP contribution in [0, 0.1) is 0 Å². The lowest BCUT2D eigenvalue weighted by atomic mass is 10.1. The Bertz CT molecular complexity index is 323. The van der Waals surface area contributed by atoms with Crippen LogP contribution in [0.5, 0.6) is 0 Å². The van der Waals surface area contributed by atoms with Crippen LogP contribution in [0.2, 0.25) is 0 Å². The maximum absolute atomic E-state index is 10.6. The van der Waals surface area contributed by atoms with Gasteiger partial charge in [-0.2, -0.15) is 0 Å². The summed E-state index contributed by atoms with van der Waals surface area (Å²) in [5, 5.41) is 0. The molecule has 15 heavy (non-hydrogen) atoms. The van der Waals surface area contributed by atoms with Crippen LogP contribution in [0.15, 0.2) is 24.3 Å². The highest BCUT2D eigenvalue weighted by Crippen LogP contribution is 2.26. The van der Waals surface area contributed by atoms with Crippen molar-refractivity contribution in [2.24, 2.45) is 0 Å². The molecule has 0 saturated heterocycles. The first-order valence-corrected chi connectivity index (χ1v) is 4.43. The van der Waals surface area contributed by atoms with E-state index in [9.17, 15) is 4.79 Å². The molecule has 0 aromatic heterocycles. The predicted molar refractivity (Wildman–Crippen MR) is 54.5 cm³/mol. The Morgan fingerprint density at radius 2 is 1.73 bits per heavy atom. The number of hydrogen-bond donors (Lipinski definition) is 0. The molecule has 0 aliphatic carbocycles. The molecule has 0 heterocycles. The van der Waals surface area contributed by atoms with Crippen molar-refractivity contribution in [3.63, 3.8) is 0 Å². The van der Waals surface area contributed by atoms with Crippen molar-refractivity contribution in [1.82, 2.24) is 0 Å². The molecule has 82 valence electrons. The second kappa shape index (κ2) is 5.02. The maximum Gasteiger partial charge on any atom is 0.311 e. The highest BCUT2D eigenvalue weighted by Gasteiger charge is 2.32. The fourth-order valence-electron chi connectivity index (χ4n) is 1.41. The minimum atomic E-state index is -1.25. The zero-order chi connectivity index (χ0) is 11.3. The largest absolute Gasteiger partial charge is 0.327 e. The number of rotatable bonds is 5. The molecule has 0 amide bonds. The Kier molecular flexibility index (Phi) is 3.96. The Labute approximate surface area is 88.8 Å². The van der Waals surface area contributed by atoms with Crippen molar-refractivity contribution in [2.75, 3.05) is 21.3 Å². The van der Waals surface area contributed by atoms with Crippen LogP contribution in [0.25, 0.3) is 0 Å². The van der Waals surface area contributed by atoms with E-state index in [-0.39, 0.29) is 0 Å². The summed E-state index contributed by atoms with van der Waals surface area (Å²) in [4.78, 5) is 10.6. The quantitative estimate of drug-likeness (QED) is 0.546. The third-order valence-corrected chi connectivity index (χ3v) is 2.18. The monoisotopic (exact) mass is 210 g/mol. The molecule has 0 saturated carbocycles. The van der Waals surface area contributed by atoms with Crippen LogP contribution in [-0.2, 0) is 20.2 Å². The molecule has 1 aromatic rings. The van der Waals surface area contributed by atoms with Crippen LogP contribution < -0.4 is 0 Å². The zero-order valence-electron chi connectivity index (χ0n) is 9.02. The second-order valence-electron chi connectivity index (χ2n) is 2.91. The number of methoxy groups -OCH3 is 3. The van der Waals surface area contributed by atoms with Crippen molar-refractivity contribution in [3.8, 4) is 0 Å². The molecule has 0 spiro atoms. The molecule has 0 bridgehead atoms. The summed E-state index contributed by atoms with van der Waals surface area (Å²) in [6.45, 7) is 0. The topological polar surface area (TPSA) is 44.8 Å². The van der Waals surface area contributed by atoms with Gasteiger partial charge in [0.1, 0.15) is 6.29 Å². The van der Waals surface area contributed by atoms with Crippen LogP contribution in [0.3, 0.4) is 0 Å². The summed E-state index contributed by atoms with van der Waals surface area (Å²) in [6.07, 6.45) is 0.759. The molecule has 0 N–H and O–H groups in total. The highest BCUT2D eigenvalue weighted by atomic mass is 16.9. The normalized spacial score (nSPS) is 11.4. The predicted octanol–water partition coefficient (Wildman–Crippen LogP) is 1.55. The van der Waals surface area contributed by atoms with Crippen LogP contribution in [0.4, 0.5) is 0 Å². The van der Waals surface area contributed by atoms with E-state index in [1.54, 1.807) is 24.3 Å². The van der Waals surface area contributed by atoms with Gasteiger partial charge in [0, 0.05) is 32.5 Å². The van der Waals surface area contributed by atoms with Crippen molar-refractivity contribution in [3.05, 3.63) is 35.4 Å². The van der Waals surface area contributed by atoms with Crippen LogP contribution in [-0.4, -0.2) is 27.6 Å². The third-order valence-electron chi connectivity index (χ3n) is 2.18. The third kappa shape index (κ3) is 2.23. The SMILES string of the molecule is COC(OC)(OC)c1cccc(C=O)c1. The van der Waals surface area contributed by atoms with E-state index in [4.69, 9.17) is 14.2 Å². The lowest BCUT2D eigenvalue weighted by Crippen LogP contribution is -2.32. The summed E-state index contributed by atoms with van der Waals surface area (Å²) < 4.78 is 15.5. The molecule has 1 aromatic carbocycles. The van der Waals surface area contributed by atoms with Gasteiger partial charge in [0.15, 0.2) is 0 Å². The average molecular weight is 210 g/mol. The van der Waals surface area contributed by atoms with E-state index in [1.165, 1.54) is 21.3 Å².